The van der Waals surface area contributed by atoms with E-state index in [9.17, 15) is 4.79 Å². The first-order chi connectivity index (χ1) is 9.69. The second kappa shape index (κ2) is 6.75. The average Bonchev–Trinajstić information content (AvgIpc) is 2.48. The van der Waals surface area contributed by atoms with E-state index < -0.39 is 6.10 Å². The number of carbonyl (C=O) groups excluding carboxylic acids is 1. The molecule has 0 heterocycles. The summed E-state index contributed by atoms with van der Waals surface area (Å²) in [6, 6.07) is 17.2. The summed E-state index contributed by atoms with van der Waals surface area (Å²) < 4.78 is 5.68. The highest BCUT2D eigenvalue weighted by Crippen LogP contribution is 2.16. The maximum atomic E-state index is 12.0. The van der Waals surface area contributed by atoms with Crippen LogP contribution in [0.3, 0.4) is 0 Å². The molecule has 3 heteroatoms. The summed E-state index contributed by atoms with van der Waals surface area (Å²) in [5, 5.41) is 2.83. The lowest BCUT2D eigenvalue weighted by Gasteiger charge is -2.15. The van der Waals surface area contributed by atoms with Gasteiger partial charge < -0.3 is 10.1 Å². The Balaban J connectivity index is 1.97. The maximum Gasteiger partial charge on any atom is 0.265 e. The molecule has 0 radical (unpaired) electrons. The molecule has 0 aliphatic carbocycles. The zero-order valence-corrected chi connectivity index (χ0v) is 11.8. The highest BCUT2D eigenvalue weighted by atomic mass is 16.5. The maximum absolute atomic E-state index is 12.0. The Hall–Kier alpha value is -2.29. The zero-order chi connectivity index (χ0) is 14.4. The number of hydrogen-bond donors (Lipinski definition) is 1. The van der Waals surface area contributed by atoms with Crippen molar-refractivity contribution >= 4 is 11.6 Å². The topological polar surface area (TPSA) is 38.3 Å². The Labute approximate surface area is 119 Å². The Bertz CT molecular complexity index is 566. The minimum Gasteiger partial charge on any atom is -0.481 e. The van der Waals surface area contributed by atoms with Crippen LogP contribution in [-0.4, -0.2) is 12.0 Å². The van der Waals surface area contributed by atoms with Crippen LogP contribution in [0.2, 0.25) is 0 Å². The zero-order valence-electron chi connectivity index (χ0n) is 11.8. The highest BCUT2D eigenvalue weighted by molar-refractivity contribution is 5.94. The molecule has 0 aromatic heterocycles. The number of aryl methyl sites for hydroxylation is 1. The fourth-order valence-electron chi connectivity index (χ4n) is 1.86. The van der Waals surface area contributed by atoms with Gasteiger partial charge in [-0.2, -0.15) is 0 Å². The second-order valence-corrected chi connectivity index (χ2v) is 4.62. The Morgan fingerprint density at radius 2 is 1.90 bits per heavy atom. The number of carbonyl (C=O) groups is 1. The molecule has 1 atom stereocenters. The van der Waals surface area contributed by atoms with Crippen LogP contribution in [-0.2, 0) is 11.2 Å². The Morgan fingerprint density at radius 3 is 2.60 bits per heavy atom. The van der Waals surface area contributed by atoms with Crippen molar-refractivity contribution in [2.24, 2.45) is 0 Å². The quantitative estimate of drug-likeness (QED) is 0.899. The molecule has 0 saturated carbocycles. The monoisotopic (exact) mass is 269 g/mol. The van der Waals surface area contributed by atoms with Gasteiger partial charge in [-0.05, 0) is 43.2 Å². The Morgan fingerprint density at radius 1 is 1.15 bits per heavy atom. The van der Waals surface area contributed by atoms with E-state index in [1.54, 1.807) is 6.92 Å². The van der Waals surface area contributed by atoms with Crippen LogP contribution in [0.25, 0.3) is 0 Å². The summed E-state index contributed by atoms with van der Waals surface area (Å²) in [4.78, 5) is 12.0. The second-order valence-electron chi connectivity index (χ2n) is 4.62. The van der Waals surface area contributed by atoms with E-state index in [2.05, 4.69) is 12.2 Å². The number of hydrogen-bond acceptors (Lipinski definition) is 2. The lowest BCUT2D eigenvalue weighted by atomic mass is 10.2. The van der Waals surface area contributed by atoms with Gasteiger partial charge in [0.25, 0.3) is 5.91 Å². The molecule has 1 amide bonds. The molecule has 0 fully saturated rings. The predicted molar refractivity (Wildman–Crippen MR) is 81.0 cm³/mol. The number of ether oxygens (including phenoxy) is 1. The number of nitrogens with one attached hydrogen (secondary N) is 1. The molecule has 1 unspecified atom stereocenters. The lowest BCUT2D eigenvalue weighted by molar-refractivity contribution is -0.122. The number of benzene rings is 2. The molecule has 0 saturated heterocycles. The molecule has 0 bridgehead atoms. The van der Waals surface area contributed by atoms with Crippen molar-refractivity contribution in [3.8, 4) is 5.75 Å². The van der Waals surface area contributed by atoms with Crippen LogP contribution in [0.5, 0.6) is 5.75 Å². The summed E-state index contributed by atoms with van der Waals surface area (Å²) in [7, 11) is 0. The SMILES string of the molecule is CCc1cccc(OC(C)C(=O)Nc2ccccc2)c1. The normalized spacial score (nSPS) is 11.7. The number of rotatable bonds is 5. The van der Waals surface area contributed by atoms with E-state index in [-0.39, 0.29) is 5.91 Å². The minimum absolute atomic E-state index is 0.155. The third-order valence-corrected chi connectivity index (χ3v) is 3.03. The number of anilines is 1. The van der Waals surface area contributed by atoms with Crippen LogP contribution < -0.4 is 10.1 Å². The molecule has 0 spiro atoms. The molecule has 104 valence electrons. The fourth-order valence-corrected chi connectivity index (χ4v) is 1.86. The van der Waals surface area contributed by atoms with Crippen molar-refractivity contribution in [2.75, 3.05) is 5.32 Å². The molecule has 2 rings (SSSR count). The van der Waals surface area contributed by atoms with Gasteiger partial charge in [-0.25, -0.2) is 0 Å². The van der Waals surface area contributed by atoms with Gasteiger partial charge >= 0.3 is 0 Å². The third kappa shape index (κ3) is 3.85. The van der Waals surface area contributed by atoms with E-state index in [1.807, 2.05) is 54.6 Å². The largest absolute Gasteiger partial charge is 0.481 e. The first-order valence-electron chi connectivity index (χ1n) is 6.80. The van der Waals surface area contributed by atoms with E-state index >= 15 is 0 Å². The van der Waals surface area contributed by atoms with Crippen LogP contribution in [0.1, 0.15) is 19.4 Å². The van der Waals surface area contributed by atoms with Gasteiger partial charge in [0.15, 0.2) is 6.10 Å². The fraction of sp³-hybridized carbons (Fsp3) is 0.235. The molecule has 2 aromatic carbocycles. The summed E-state index contributed by atoms with van der Waals surface area (Å²) in [5.74, 6) is 0.568. The molecule has 3 nitrogen and oxygen atoms in total. The van der Waals surface area contributed by atoms with Gasteiger partial charge in [-0.3, -0.25) is 4.79 Å². The molecule has 20 heavy (non-hydrogen) atoms. The van der Waals surface area contributed by atoms with E-state index in [0.717, 1.165) is 17.9 Å². The van der Waals surface area contributed by atoms with Gasteiger partial charge in [0.1, 0.15) is 5.75 Å². The Kier molecular flexibility index (Phi) is 4.77. The first kappa shape index (κ1) is 14.1. The summed E-state index contributed by atoms with van der Waals surface area (Å²) in [6.45, 7) is 3.83. The first-order valence-corrected chi connectivity index (χ1v) is 6.80. The predicted octanol–water partition coefficient (Wildman–Crippen LogP) is 3.66. The smallest absolute Gasteiger partial charge is 0.265 e. The van der Waals surface area contributed by atoms with E-state index in [4.69, 9.17) is 4.74 Å². The molecule has 2 aromatic rings. The van der Waals surface area contributed by atoms with Crippen molar-refractivity contribution in [1.29, 1.82) is 0 Å². The highest BCUT2D eigenvalue weighted by Gasteiger charge is 2.14. The molecule has 0 aliphatic rings. The standard InChI is InChI=1S/C17H19NO2/c1-3-14-8-7-11-16(12-14)20-13(2)17(19)18-15-9-5-4-6-10-15/h4-13H,3H2,1-2H3,(H,18,19). The summed E-state index contributed by atoms with van der Waals surface area (Å²) >= 11 is 0. The van der Waals surface area contributed by atoms with Crippen molar-refractivity contribution in [2.45, 2.75) is 26.4 Å². The van der Waals surface area contributed by atoms with Crippen molar-refractivity contribution < 1.29 is 9.53 Å². The van der Waals surface area contributed by atoms with Gasteiger partial charge in [0.2, 0.25) is 0 Å². The number of para-hydroxylation sites is 1. The molecule has 0 aliphatic heterocycles. The van der Waals surface area contributed by atoms with Crippen LogP contribution >= 0.6 is 0 Å². The number of amides is 1. The van der Waals surface area contributed by atoms with Gasteiger partial charge in [0, 0.05) is 5.69 Å². The van der Waals surface area contributed by atoms with Crippen molar-refractivity contribution in [3.63, 3.8) is 0 Å². The molecular weight excluding hydrogens is 250 g/mol. The van der Waals surface area contributed by atoms with E-state index in [1.165, 1.54) is 5.56 Å². The van der Waals surface area contributed by atoms with E-state index in [0.29, 0.717) is 0 Å². The van der Waals surface area contributed by atoms with Gasteiger partial charge in [-0.1, -0.05) is 37.3 Å². The lowest BCUT2D eigenvalue weighted by Crippen LogP contribution is -2.30. The summed E-state index contributed by atoms with van der Waals surface area (Å²) in [6.07, 6.45) is 0.407. The molecular formula is C17H19NO2. The van der Waals surface area contributed by atoms with Gasteiger partial charge in [-0.15, -0.1) is 0 Å². The van der Waals surface area contributed by atoms with Crippen LogP contribution in [0, 0.1) is 0 Å². The van der Waals surface area contributed by atoms with Crippen molar-refractivity contribution in [3.05, 3.63) is 60.2 Å². The average molecular weight is 269 g/mol. The van der Waals surface area contributed by atoms with Crippen molar-refractivity contribution in [1.82, 2.24) is 0 Å². The van der Waals surface area contributed by atoms with Crippen LogP contribution in [0.15, 0.2) is 54.6 Å². The van der Waals surface area contributed by atoms with Crippen LogP contribution in [0.4, 0.5) is 5.69 Å². The van der Waals surface area contributed by atoms with Gasteiger partial charge in [0.05, 0.1) is 0 Å². The molecule has 1 N–H and O–H groups in total. The summed E-state index contributed by atoms with van der Waals surface area (Å²) in [5.41, 5.74) is 1.97. The third-order valence-electron chi connectivity index (χ3n) is 3.03. The minimum atomic E-state index is -0.540.